The molecule has 0 saturated heterocycles. The van der Waals surface area contributed by atoms with Gasteiger partial charge in [-0.25, -0.2) is 0 Å². The Bertz CT molecular complexity index is 1540. The number of rotatable bonds is 9. The number of amides is 1. The van der Waals surface area contributed by atoms with Gasteiger partial charge in [0.05, 0.1) is 21.5 Å². The molecule has 0 unspecified atom stereocenters. The molecule has 4 aromatic rings. The smallest absolute Gasteiger partial charge is 0.621 e. The molecule has 0 bridgehead atoms. The first-order valence-corrected chi connectivity index (χ1v) is 12.6. The van der Waals surface area contributed by atoms with E-state index in [1.807, 2.05) is 42.5 Å². The topological polar surface area (TPSA) is 95.2 Å². The molecule has 206 valence electrons. The van der Waals surface area contributed by atoms with Gasteiger partial charge in [0.15, 0.2) is 0 Å². The second-order valence-electron chi connectivity index (χ2n) is 8.70. The van der Waals surface area contributed by atoms with E-state index >= 15 is 0 Å². The van der Waals surface area contributed by atoms with Crippen LogP contribution in [0.15, 0.2) is 84.9 Å². The minimum atomic E-state index is -4.69. The second-order valence-corrected chi connectivity index (χ2v) is 9.51. The maximum atomic E-state index is 13.5. The minimum Gasteiger partial charge on any atom is -0.621 e. The normalized spacial score (nSPS) is 11.0. The van der Waals surface area contributed by atoms with Crippen LogP contribution >= 0.6 is 23.2 Å². The fraction of sp³-hybridized carbons (Fsp3) is 0.103. The number of carbonyl (C=O) groups excluding carboxylic acids is 2. The third kappa shape index (κ3) is 8.52. The number of hydrogen-bond acceptors (Lipinski definition) is 4. The molecule has 4 N–H and O–H groups in total. The van der Waals surface area contributed by atoms with Crippen LogP contribution in [-0.2, 0) is 19.3 Å². The van der Waals surface area contributed by atoms with Gasteiger partial charge in [-0.05, 0) is 47.5 Å². The molecule has 0 aliphatic heterocycles. The van der Waals surface area contributed by atoms with Crippen molar-refractivity contribution in [1.82, 2.24) is 5.32 Å². The van der Waals surface area contributed by atoms with Gasteiger partial charge in [0.25, 0.3) is 0 Å². The molecule has 0 spiro atoms. The van der Waals surface area contributed by atoms with Crippen LogP contribution in [0.2, 0.25) is 10.0 Å². The van der Waals surface area contributed by atoms with Crippen molar-refractivity contribution in [3.8, 4) is 0 Å². The van der Waals surface area contributed by atoms with Gasteiger partial charge in [0, 0.05) is 34.8 Å². The molecule has 0 aromatic heterocycles. The van der Waals surface area contributed by atoms with Crippen molar-refractivity contribution in [3.05, 3.63) is 128 Å². The van der Waals surface area contributed by atoms with E-state index in [4.69, 9.17) is 28.3 Å². The molecule has 6 nitrogen and oxygen atoms in total. The van der Waals surface area contributed by atoms with Crippen LogP contribution in [0.5, 0.6) is 0 Å². The number of anilines is 2. The third-order valence-electron chi connectivity index (χ3n) is 5.82. The van der Waals surface area contributed by atoms with E-state index in [0.29, 0.717) is 18.8 Å². The van der Waals surface area contributed by atoms with Crippen molar-refractivity contribution in [2.45, 2.75) is 19.3 Å². The fourth-order valence-corrected chi connectivity index (χ4v) is 4.12. The molecule has 1 amide bonds. The van der Waals surface area contributed by atoms with Crippen LogP contribution in [0.1, 0.15) is 37.4 Å². The van der Waals surface area contributed by atoms with E-state index in [-0.39, 0.29) is 51.4 Å². The Labute approximate surface area is 256 Å². The summed E-state index contributed by atoms with van der Waals surface area (Å²) in [5.74, 6) is -2.28. The maximum absolute atomic E-state index is 13.5. The molecule has 0 aliphatic rings. The van der Waals surface area contributed by atoms with E-state index in [9.17, 15) is 22.8 Å². The molecule has 0 radical (unpaired) electrons. The summed E-state index contributed by atoms with van der Waals surface area (Å²) in [5, 5.41) is 17.5. The Kier molecular flexibility index (Phi) is 10.9. The predicted molar refractivity (Wildman–Crippen MR) is 150 cm³/mol. The van der Waals surface area contributed by atoms with Crippen LogP contribution in [0, 0.1) is 0 Å². The van der Waals surface area contributed by atoms with E-state index in [1.54, 1.807) is 12.1 Å². The Balaban J connectivity index is 0.00000462. The molecule has 4 aromatic carbocycles. The molecule has 0 heterocycles. The Morgan fingerprint density at radius 3 is 1.98 bits per heavy atom. The van der Waals surface area contributed by atoms with E-state index in [2.05, 4.69) is 16.0 Å². The zero-order valence-corrected chi connectivity index (χ0v) is 23.2. The summed E-state index contributed by atoms with van der Waals surface area (Å²) in [6.45, 7) is 1.29. The van der Waals surface area contributed by atoms with Gasteiger partial charge in [-0.3, -0.25) is 0 Å². The molecule has 12 heteroatoms. The van der Waals surface area contributed by atoms with Gasteiger partial charge in [-0.15, -0.1) is 5.69 Å². The molecule has 0 aliphatic carbocycles. The Hall–Kier alpha value is -3.45. The average Bonchev–Trinajstić information content (AvgIpc) is 2.91. The first-order valence-electron chi connectivity index (χ1n) is 11.8. The van der Waals surface area contributed by atoms with Gasteiger partial charge >= 0.3 is 31.0 Å². The van der Waals surface area contributed by atoms with Gasteiger partial charge in [-0.1, -0.05) is 71.7 Å². The van der Waals surface area contributed by atoms with Crippen LogP contribution in [0.3, 0.4) is 0 Å². The number of nitrogens with zero attached hydrogens (tertiary/aromatic N) is 1. The van der Waals surface area contributed by atoms with Crippen molar-refractivity contribution in [1.29, 1.82) is 0 Å². The summed E-state index contributed by atoms with van der Waals surface area (Å²) < 4.78 is 40.4. The van der Waals surface area contributed by atoms with Gasteiger partial charge in [0.1, 0.15) is 5.56 Å². The zero-order valence-electron chi connectivity index (χ0n) is 21.7. The Morgan fingerprint density at radius 1 is 0.805 bits per heavy atom. The molecular formula is C29H22Cl2F3LiN3O3+. The second kappa shape index (κ2) is 13.9. The summed E-state index contributed by atoms with van der Waals surface area (Å²) in [6.07, 6.45) is -4.69. The molecule has 0 saturated carbocycles. The van der Waals surface area contributed by atoms with Crippen molar-refractivity contribution in [2.24, 2.45) is 0 Å². The monoisotopic (exact) mass is 594 g/mol. The first-order chi connectivity index (χ1) is 19.0. The Morgan fingerprint density at radius 2 is 1.39 bits per heavy atom. The summed E-state index contributed by atoms with van der Waals surface area (Å²) in [4.78, 5) is 24.7. The van der Waals surface area contributed by atoms with Crippen LogP contribution in [0.4, 0.5) is 30.2 Å². The third-order valence-corrected chi connectivity index (χ3v) is 6.54. The molecule has 4 rings (SSSR count). The largest absolute Gasteiger partial charge is 1.00 e. The number of alkyl halides is 3. The fourth-order valence-electron chi connectivity index (χ4n) is 3.80. The minimum absolute atomic E-state index is 0. The summed E-state index contributed by atoms with van der Waals surface area (Å²) in [6, 6.07) is 22.0. The average molecular weight is 595 g/mol. The summed E-state index contributed by atoms with van der Waals surface area (Å²) in [5.41, 5.74) is 0.738. The maximum Gasteiger partial charge on any atom is 1.00 e. The van der Waals surface area contributed by atoms with E-state index in [0.717, 1.165) is 41.5 Å². The number of hydrogen-bond donors (Lipinski definition) is 2. The van der Waals surface area contributed by atoms with E-state index < -0.39 is 23.6 Å². The number of halogens is 5. The number of benzene rings is 4. The van der Waals surface area contributed by atoms with Crippen molar-refractivity contribution >= 4 is 52.1 Å². The van der Waals surface area contributed by atoms with Crippen molar-refractivity contribution < 1.29 is 46.7 Å². The zero-order chi connectivity index (χ0) is 28.9. The van der Waals surface area contributed by atoms with Crippen LogP contribution < -0.4 is 29.5 Å². The molecule has 0 fully saturated rings. The summed E-state index contributed by atoms with van der Waals surface area (Å²) in [7, 11) is 0. The van der Waals surface area contributed by atoms with Crippen LogP contribution in [-0.4, -0.2) is 17.0 Å². The van der Waals surface area contributed by atoms with Gasteiger partial charge in [-0.2, -0.15) is 13.2 Å². The quantitative estimate of drug-likeness (QED) is 0.216. The first kappa shape index (κ1) is 32.1. The molecule has 41 heavy (non-hydrogen) atoms. The standard InChI is InChI=1S/C29H22Cl2F3N3O3.Li/c30-23-13-21(22(28(39)40)14-24(23)31)27(38)37-26-12-19(29(32,33)34)8-11-25(26)36-20-9-6-18(7-10-20)16-35-15-17-4-2-1-3-5-17;/h1-14,35-36H,15-16H2,(H2,37,38,39,40);/q;+1. The molecule has 0 atom stereocenters. The van der Waals surface area contributed by atoms with E-state index in [1.165, 1.54) is 0 Å². The van der Waals surface area contributed by atoms with Crippen LogP contribution in [0.25, 0.3) is 5.32 Å². The van der Waals surface area contributed by atoms with Crippen molar-refractivity contribution in [3.63, 3.8) is 0 Å². The SMILES string of the molecule is O=C([OH2+])c1cc(Cl)c(Cl)cc1C(=O)[N-]c1cc(C(F)(F)F)ccc1Nc1ccc(CNCc2ccccc2)cc1.[Li+]. The van der Waals surface area contributed by atoms with Gasteiger partial charge < -0.3 is 25.9 Å². The van der Waals surface area contributed by atoms with Crippen molar-refractivity contribution in [2.75, 3.05) is 5.32 Å². The van der Waals surface area contributed by atoms with Gasteiger partial charge in [0.2, 0.25) is 0 Å². The number of carbonyl (C=O) groups is 2. The number of nitrogens with one attached hydrogen (secondary N) is 2. The molecular weight excluding hydrogens is 573 g/mol. The predicted octanol–water partition coefficient (Wildman–Crippen LogP) is 4.76. The summed E-state index contributed by atoms with van der Waals surface area (Å²) >= 11 is 11.9.